The van der Waals surface area contributed by atoms with E-state index in [1.165, 1.54) is 0 Å². The number of hydrogen-bond acceptors (Lipinski definition) is 5. The first-order valence-corrected chi connectivity index (χ1v) is 6.64. The van der Waals surface area contributed by atoms with Gasteiger partial charge in [0.1, 0.15) is 5.75 Å². The molecule has 0 atom stereocenters. The molecular formula is C15H20N4O. The third-order valence-corrected chi connectivity index (χ3v) is 3.03. The van der Waals surface area contributed by atoms with Crippen LogP contribution < -0.4 is 15.0 Å². The molecule has 0 aliphatic carbocycles. The lowest BCUT2D eigenvalue weighted by molar-refractivity contribution is 0.415. The maximum Gasteiger partial charge on any atom is 0.151 e. The number of rotatable bonds is 6. The predicted octanol–water partition coefficient (Wildman–Crippen LogP) is 2.36. The first kappa shape index (κ1) is 14.3. The van der Waals surface area contributed by atoms with Crippen molar-refractivity contribution < 1.29 is 4.74 Å². The second kappa shape index (κ2) is 6.86. The van der Waals surface area contributed by atoms with E-state index in [2.05, 4.69) is 22.2 Å². The van der Waals surface area contributed by atoms with Crippen LogP contribution in [0.15, 0.2) is 36.7 Å². The normalized spacial score (nSPS) is 10.3. The number of nitrogens with one attached hydrogen (secondary N) is 1. The Kier molecular flexibility index (Phi) is 4.90. The van der Waals surface area contributed by atoms with E-state index in [1.54, 1.807) is 19.5 Å². The zero-order valence-corrected chi connectivity index (χ0v) is 12.1. The summed E-state index contributed by atoms with van der Waals surface area (Å²) >= 11 is 0. The molecule has 0 bridgehead atoms. The monoisotopic (exact) mass is 272 g/mol. The largest absolute Gasteiger partial charge is 0.497 e. The lowest BCUT2D eigenvalue weighted by Gasteiger charge is -2.18. The van der Waals surface area contributed by atoms with Gasteiger partial charge in [-0.25, -0.2) is 4.98 Å². The Morgan fingerprint density at radius 3 is 2.75 bits per heavy atom. The highest BCUT2D eigenvalue weighted by Crippen LogP contribution is 2.24. The van der Waals surface area contributed by atoms with Crippen LogP contribution in [0.4, 0.5) is 11.5 Å². The van der Waals surface area contributed by atoms with Crippen molar-refractivity contribution in [2.45, 2.75) is 13.5 Å². The van der Waals surface area contributed by atoms with E-state index in [1.807, 2.05) is 36.2 Å². The van der Waals surface area contributed by atoms with Gasteiger partial charge in [-0.3, -0.25) is 4.98 Å². The van der Waals surface area contributed by atoms with Crippen molar-refractivity contribution in [3.8, 4) is 5.75 Å². The Morgan fingerprint density at radius 1 is 1.25 bits per heavy atom. The van der Waals surface area contributed by atoms with Gasteiger partial charge in [0, 0.05) is 25.3 Å². The number of aromatic nitrogens is 2. The van der Waals surface area contributed by atoms with E-state index in [-0.39, 0.29) is 0 Å². The number of anilines is 2. The molecule has 0 saturated heterocycles. The van der Waals surface area contributed by atoms with Gasteiger partial charge in [-0.2, -0.15) is 0 Å². The molecule has 0 spiro atoms. The summed E-state index contributed by atoms with van der Waals surface area (Å²) in [7, 11) is 3.62. The highest BCUT2D eigenvalue weighted by Gasteiger charge is 2.07. The Labute approximate surface area is 119 Å². The summed E-state index contributed by atoms with van der Waals surface area (Å²) < 4.78 is 5.23. The zero-order chi connectivity index (χ0) is 14.4. The smallest absolute Gasteiger partial charge is 0.151 e. The Morgan fingerprint density at radius 2 is 2.10 bits per heavy atom. The summed E-state index contributed by atoms with van der Waals surface area (Å²) in [6, 6.07) is 7.85. The van der Waals surface area contributed by atoms with Crippen molar-refractivity contribution in [3.63, 3.8) is 0 Å². The number of ether oxygens (including phenoxy) is 1. The van der Waals surface area contributed by atoms with Crippen LogP contribution in [0.2, 0.25) is 0 Å². The Bertz CT molecular complexity index is 542. The van der Waals surface area contributed by atoms with Gasteiger partial charge >= 0.3 is 0 Å². The maximum atomic E-state index is 5.23. The minimum Gasteiger partial charge on any atom is -0.497 e. The summed E-state index contributed by atoms with van der Waals surface area (Å²) in [5.41, 5.74) is 1.95. The summed E-state index contributed by atoms with van der Waals surface area (Å²) in [5.74, 6) is 1.63. The minimum atomic E-state index is 0.743. The number of methoxy groups -OCH3 is 1. The van der Waals surface area contributed by atoms with Crippen LogP contribution in [0.1, 0.15) is 12.6 Å². The molecule has 0 aliphatic rings. The number of benzene rings is 1. The van der Waals surface area contributed by atoms with Crippen molar-refractivity contribution in [2.75, 3.05) is 25.6 Å². The Hall–Kier alpha value is -2.14. The van der Waals surface area contributed by atoms with Crippen molar-refractivity contribution in [2.24, 2.45) is 0 Å². The van der Waals surface area contributed by atoms with Crippen LogP contribution in [-0.2, 0) is 6.54 Å². The maximum absolute atomic E-state index is 5.23. The average molecular weight is 272 g/mol. The standard InChI is InChI=1S/C15H20N4O/c1-4-16-9-12-10-18-15(11-17-12)19(2)13-6-5-7-14(8-13)20-3/h5-8,10-11,16H,4,9H2,1-3H3. The number of nitrogens with zero attached hydrogens (tertiary/aromatic N) is 3. The van der Waals surface area contributed by atoms with Gasteiger partial charge in [-0.1, -0.05) is 13.0 Å². The topological polar surface area (TPSA) is 50.3 Å². The molecule has 1 heterocycles. The molecule has 0 aliphatic heterocycles. The SMILES string of the molecule is CCNCc1cnc(N(C)c2cccc(OC)c2)cn1. The fraction of sp³-hybridized carbons (Fsp3) is 0.333. The summed E-state index contributed by atoms with van der Waals surface area (Å²) in [6.45, 7) is 3.73. The van der Waals surface area contributed by atoms with Crippen molar-refractivity contribution >= 4 is 11.5 Å². The van der Waals surface area contributed by atoms with Gasteiger partial charge in [0.2, 0.25) is 0 Å². The van der Waals surface area contributed by atoms with Gasteiger partial charge in [-0.15, -0.1) is 0 Å². The third-order valence-electron chi connectivity index (χ3n) is 3.03. The van der Waals surface area contributed by atoms with Gasteiger partial charge in [-0.05, 0) is 18.7 Å². The van der Waals surface area contributed by atoms with E-state index in [9.17, 15) is 0 Å². The van der Waals surface area contributed by atoms with E-state index in [4.69, 9.17) is 4.74 Å². The molecule has 1 aromatic heterocycles. The zero-order valence-electron chi connectivity index (χ0n) is 12.1. The second-order valence-electron chi connectivity index (χ2n) is 4.41. The van der Waals surface area contributed by atoms with Gasteiger partial charge in [0.15, 0.2) is 5.82 Å². The van der Waals surface area contributed by atoms with E-state index in [0.717, 1.165) is 36.0 Å². The molecule has 2 rings (SSSR count). The molecule has 2 aromatic rings. The second-order valence-corrected chi connectivity index (χ2v) is 4.41. The molecule has 5 nitrogen and oxygen atoms in total. The predicted molar refractivity (Wildman–Crippen MR) is 80.5 cm³/mol. The Balaban J connectivity index is 2.13. The molecule has 1 aromatic carbocycles. The van der Waals surface area contributed by atoms with E-state index in [0.29, 0.717) is 0 Å². The summed E-state index contributed by atoms with van der Waals surface area (Å²) in [5, 5.41) is 3.23. The van der Waals surface area contributed by atoms with Crippen LogP contribution in [0.25, 0.3) is 0 Å². The molecule has 0 unspecified atom stereocenters. The average Bonchev–Trinajstić information content (AvgIpc) is 2.52. The molecule has 0 amide bonds. The minimum absolute atomic E-state index is 0.743. The highest BCUT2D eigenvalue weighted by atomic mass is 16.5. The van der Waals surface area contributed by atoms with Crippen molar-refractivity contribution in [1.82, 2.24) is 15.3 Å². The van der Waals surface area contributed by atoms with Gasteiger partial charge < -0.3 is 15.0 Å². The first-order valence-electron chi connectivity index (χ1n) is 6.64. The molecule has 0 saturated carbocycles. The van der Waals surface area contributed by atoms with E-state index >= 15 is 0 Å². The molecule has 20 heavy (non-hydrogen) atoms. The van der Waals surface area contributed by atoms with Crippen LogP contribution in [0, 0.1) is 0 Å². The quantitative estimate of drug-likeness (QED) is 0.875. The van der Waals surface area contributed by atoms with Crippen LogP contribution in [0.3, 0.4) is 0 Å². The molecule has 1 N–H and O–H groups in total. The molecular weight excluding hydrogens is 252 g/mol. The van der Waals surface area contributed by atoms with Gasteiger partial charge in [0.05, 0.1) is 25.2 Å². The van der Waals surface area contributed by atoms with Crippen molar-refractivity contribution in [3.05, 3.63) is 42.4 Å². The fourth-order valence-electron chi connectivity index (χ4n) is 1.82. The first-order chi connectivity index (χ1) is 9.74. The van der Waals surface area contributed by atoms with Crippen LogP contribution in [-0.4, -0.2) is 30.7 Å². The van der Waals surface area contributed by atoms with Crippen molar-refractivity contribution in [1.29, 1.82) is 0 Å². The molecule has 106 valence electrons. The number of hydrogen-bond donors (Lipinski definition) is 1. The van der Waals surface area contributed by atoms with Gasteiger partial charge in [0.25, 0.3) is 0 Å². The lowest BCUT2D eigenvalue weighted by Crippen LogP contribution is -2.15. The lowest BCUT2D eigenvalue weighted by atomic mass is 10.3. The van der Waals surface area contributed by atoms with E-state index < -0.39 is 0 Å². The molecule has 0 fully saturated rings. The molecule has 5 heteroatoms. The molecule has 0 radical (unpaired) electrons. The highest BCUT2D eigenvalue weighted by molar-refractivity contribution is 5.60. The summed E-state index contributed by atoms with van der Waals surface area (Å²) in [6.07, 6.45) is 3.58. The fourth-order valence-corrected chi connectivity index (χ4v) is 1.82. The third kappa shape index (κ3) is 3.45. The van der Waals surface area contributed by atoms with Crippen LogP contribution >= 0.6 is 0 Å². The van der Waals surface area contributed by atoms with Crippen LogP contribution in [0.5, 0.6) is 5.75 Å². The summed E-state index contributed by atoms with van der Waals surface area (Å²) in [4.78, 5) is 10.8.